The molecule has 75 heavy (non-hydrogen) atoms. The van der Waals surface area contributed by atoms with Crippen LogP contribution >= 0.6 is 0 Å². The predicted molar refractivity (Wildman–Crippen MR) is 277 cm³/mol. The summed E-state index contributed by atoms with van der Waals surface area (Å²) in [5.41, 5.74) is 24.8. The van der Waals surface area contributed by atoms with E-state index in [0.29, 0.717) is 49.0 Å². The maximum absolute atomic E-state index is 14.7. The summed E-state index contributed by atoms with van der Waals surface area (Å²) in [5, 5.41) is 28.9. The van der Waals surface area contributed by atoms with Gasteiger partial charge in [0.1, 0.15) is 42.3 Å². The zero-order valence-corrected chi connectivity index (χ0v) is 42.2. The van der Waals surface area contributed by atoms with Crippen molar-refractivity contribution in [1.82, 2.24) is 52.2 Å². The Morgan fingerprint density at radius 3 is 1.73 bits per heavy atom. The molecule has 8 amide bonds. The Balaban J connectivity index is 1.68. The highest BCUT2D eigenvalue weighted by Crippen LogP contribution is 2.20. The molecule has 25 heteroatoms. The smallest absolute Gasteiger partial charge is 0.305 e. The third-order valence-corrected chi connectivity index (χ3v) is 12.0. The number of rotatable bonds is 33. The van der Waals surface area contributed by atoms with Crippen molar-refractivity contribution in [2.75, 3.05) is 13.1 Å². The highest BCUT2D eigenvalue weighted by Gasteiger charge is 2.35. The molecule has 0 saturated heterocycles. The number of nitrogens with two attached hydrogens (primary N) is 4. The van der Waals surface area contributed by atoms with Gasteiger partial charge in [-0.05, 0) is 62.3 Å². The molecule has 0 saturated carbocycles. The molecular formula is C50H71N15O10. The number of nitrogens with one attached hydrogen (secondary N) is 9. The second kappa shape index (κ2) is 30.6. The quantitative estimate of drug-likeness (QED) is 0.0149. The lowest BCUT2D eigenvalue weighted by Crippen LogP contribution is -2.61. The second-order valence-electron chi connectivity index (χ2n) is 18.0. The number of carbonyl (C=O) groups excluding carboxylic acids is 8. The van der Waals surface area contributed by atoms with E-state index in [1.54, 1.807) is 36.5 Å². The fraction of sp³-hybridized carbons (Fsp3) is 0.460. The number of guanidine groups is 1. The Morgan fingerprint density at radius 1 is 0.613 bits per heavy atom. The standard InChI is InChI=1S/C50H71N15O10/c1-3-4-16-36(59-29(2)66)44(70)65-41(25-42(67)68)49(75)64-40(24-32-27-55-28-58-32)48(74)62-38(22-30-13-6-5-7-14-30)46(72)61-37(19-12-21-56-50(53)54)45(71)63-39(23-31-26-57-34-17-9-8-15-33(31)34)47(73)60-35(43(52)69)18-10-11-20-51/h5-9,13-15,17,26-28,35-41,57H,3-4,10-12,16,18-25,51H2,1-2H3,(H2,52,69)(H,55,58)(H,59,66)(H,60,73)(H,61,72)(H,62,74)(H,63,71)(H,64,75)(H,65,70)(H,67,68)(H4,53,54,56)/t35-,36-,37-,38+,39-,40-,41-/m0/s1. The number of fused-ring (bicyclic) bond motifs is 1. The van der Waals surface area contributed by atoms with Crippen LogP contribution in [-0.4, -0.2) is 135 Å². The van der Waals surface area contributed by atoms with E-state index in [1.807, 2.05) is 31.2 Å². The molecule has 0 aliphatic carbocycles. The van der Waals surface area contributed by atoms with Gasteiger partial charge in [0.05, 0.1) is 12.7 Å². The topological polar surface area (TPSA) is 419 Å². The minimum absolute atomic E-state index is 0.0411. The number of primary amides is 1. The van der Waals surface area contributed by atoms with Gasteiger partial charge in [0.2, 0.25) is 47.3 Å². The Hall–Kier alpha value is -8.35. The Labute approximate surface area is 433 Å². The van der Waals surface area contributed by atoms with Crippen LogP contribution in [0.2, 0.25) is 0 Å². The number of aromatic amines is 2. The number of unbranched alkanes of at least 4 members (excludes halogenated alkanes) is 2. The number of imidazole rings is 1. The van der Waals surface area contributed by atoms with E-state index in [9.17, 15) is 48.3 Å². The van der Waals surface area contributed by atoms with E-state index in [2.05, 4.69) is 57.2 Å². The van der Waals surface area contributed by atoms with Crippen molar-refractivity contribution in [2.45, 2.75) is 133 Å². The lowest BCUT2D eigenvalue weighted by Gasteiger charge is -2.28. The van der Waals surface area contributed by atoms with Crippen LogP contribution in [0.1, 0.15) is 88.5 Å². The van der Waals surface area contributed by atoms with Crippen molar-refractivity contribution in [3.63, 3.8) is 0 Å². The number of hydrogen-bond donors (Lipinski definition) is 14. The van der Waals surface area contributed by atoms with Crippen molar-refractivity contribution < 1.29 is 48.3 Å². The van der Waals surface area contributed by atoms with Gasteiger partial charge in [-0.15, -0.1) is 0 Å². The van der Waals surface area contributed by atoms with Crippen LogP contribution < -0.4 is 60.2 Å². The van der Waals surface area contributed by atoms with Crippen LogP contribution in [0.4, 0.5) is 0 Å². The van der Waals surface area contributed by atoms with E-state index >= 15 is 0 Å². The van der Waals surface area contributed by atoms with Crippen molar-refractivity contribution in [2.24, 2.45) is 27.9 Å². The molecule has 2 aromatic heterocycles. The predicted octanol–water partition coefficient (Wildman–Crippen LogP) is -1.33. The molecule has 0 bridgehead atoms. The number of hydrogen-bond acceptors (Lipinski definition) is 12. The first-order valence-corrected chi connectivity index (χ1v) is 24.8. The third kappa shape index (κ3) is 20.2. The van der Waals surface area contributed by atoms with Crippen molar-refractivity contribution in [1.29, 1.82) is 0 Å². The van der Waals surface area contributed by atoms with Crippen molar-refractivity contribution in [3.05, 3.63) is 90.1 Å². The molecule has 0 radical (unpaired) electrons. The zero-order valence-electron chi connectivity index (χ0n) is 42.2. The van der Waals surface area contributed by atoms with Crippen molar-refractivity contribution in [3.8, 4) is 0 Å². The first-order valence-electron chi connectivity index (χ1n) is 24.8. The first-order chi connectivity index (χ1) is 35.9. The van der Waals surface area contributed by atoms with Gasteiger partial charge in [-0.1, -0.05) is 68.3 Å². The maximum atomic E-state index is 14.7. The summed E-state index contributed by atoms with van der Waals surface area (Å²) in [7, 11) is 0. The number of aliphatic imine (C=N–C) groups is 1. The number of carboxylic acid groups (broad SMARTS) is 1. The van der Waals surface area contributed by atoms with Gasteiger partial charge in [0.25, 0.3) is 0 Å². The second-order valence-corrected chi connectivity index (χ2v) is 18.0. The zero-order chi connectivity index (χ0) is 54.9. The normalized spacial score (nSPS) is 13.8. The van der Waals surface area contributed by atoms with Gasteiger partial charge in [-0.25, -0.2) is 4.98 Å². The van der Waals surface area contributed by atoms with Crippen LogP contribution in [0.5, 0.6) is 0 Å². The molecule has 0 spiro atoms. The van der Waals surface area contributed by atoms with Crippen LogP contribution in [-0.2, 0) is 62.4 Å². The lowest BCUT2D eigenvalue weighted by atomic mass is 10.0. The molecular weight excluding hydrogens is 971 g/mol. The molecule has 2 heterocycles. The largest absolute Gasteiger partial charge is 0.481 e. The molecule has 4 aromatic rings. The number of benzene rings is 2. The summed E-state index contributed by atoms with van der Waals surface area (Å²) < 4.78 is 0. The summed E-state index contributed by atoms with van der Waals surface area (Å²) in [6.07, 6.45) is 5.75. The number of carboxylic acids is 1. The monoisotopic (exact) mass is 1040 g/mol. The number of aliphatic carboxylic acids is 1. The molecule has 0 aliphatic heterocycles. The van der Waals surface area contributed by atoms with E-state index in [0.717, 1.165) is 10.9 Å². The number of carbonyl (C=O) groups is 9. The molecule has 4 rings (SSSR count). The summed E-state index contributed by atoms with van der Waals surface area (Å²) in [5.74, 6) is -8.19. The summed E-state index contributed by atoms with van der Waals surface area (Å²) >= 11 is 0. The summed E-state index contributed by atoms with van der Waals surface area (Å²) in [6, 6.07) is 6.30. The number of amides is 8. The number of nitrogens with zero attached hydrogens (tertiary/aromatic N) is 2. The van der Waals surface area contributed by atoms with Gasteiger partial charge in [-0.2, -0.15) is 0 Å². The molecule has 406 valence electrons. The minimum Gasteiger partial charge on any atom is -0.481 e. The molecule has 0 unspecified atom stereocenters. The van der Waals surface area contributed by atoms with Crippen LogP contribution in [0, 0.1) is 0 Å². The first kappa shape index (κ1) is 59.2. The van der Waals surface area contributed by atoms with Crippen LogP contribution in [0.3, 0.4) is 0 Å². The average Bonchev–Trinajstić information content (AvgIpc) is 4.04. The number of H-pyrrole nitrogens is 2. The molecule has 0 aliphatic rings. The van der Waals surface area contributed by atoms with E-state index in [-0.39, 0.29) is 57.5 Å². The van der Waals surface area contributed by atoms with E-state index in [1.165, 1.54) is 19.4 Å². The van der Waals surface area contributed by atoms with Gasteiger partial charge < -0.3 is 75.2 Å². The van der Waals surface area contributed by atoms with Crippen LogP contribution in [0.15, 0.2) is 78.3 Å². The Bertz CT molecular complexity index is 2570. The average molecular weight is 1040 g/mol. The Kier molecular flexibility index (Phi) is 24.2. The molecule has 7 atom stereocenters. The fourth-order valence-electron chi connectivity index (χ4n) is 8.11. The minimum atomic E-state index is -1.72. The van der Waals surface area contributed by atoms with Gasteiger partial charge >= 0.3 is 5.97 Å². The SMILES string of the molecule is CCCC[C@H](NC(C)=O)C(=O)N[C@@H](CC(=O)O)C(=O)N[C@@H](Cc1cnc[nH]1)C(=O)N[C@H](Cc1ccccc1)C(=O)N[C@@H](CCCN=C(N)N)C(=O)N[C@@H](Cc1c[nH]c2ccccc12)C(=O)N[C@@H](CCCCN)C(N)=O. The molecule has 25 nitrogen and oxygen atoms in total. The van der Waals surface area contributed by atoms with Crippen molar-refractivity contribution >= 4 is 70.1 Å². The Morgan fingerprint density at radius 2 is 1.15 bits per heavy atom. The summed E-state index contributed by atoms with van der Waals surface area (Å²) in [4.78, 5) is 136. The highest BCUT2D eigenvalue weighted by atomic mass is 16.4. The number of para-hydroxylation sites is 1. The third-order valence-electron chi connectivity index (χ3n) is 12.0. The van der Waals surface area contributed by atoms with E-state index < -0.39 is 102 Å². The number of aromatic nitrogens is 3. The van der Waals surface area contributed by atoms with Gasteiger partial charge in [0.15, 0.2) is 5.96 Å². The van der Waals surface area contributed by atoms with E-state index in [4.69, 9.17) is 22.9 Å². The molecule has 2 aromatic carbocycles. The lowest BCUT2D eigenvalue weighted by molar-refractivity contribution is -0.141. The maximum Gasteiger partial charge on any atom is 0.305 e. The van der Waals surface area contributed by atoms with Gasteiger partial charge in [0, 0.05) is 61.7 Å². The van der Waals surface area contributed by atoms with Crippen LogP contribution in [0.25, 0.3) is 10.9 Å². The van der Waals surface area contributed by atoms with Gasteiger partial charge in [-0.3, -0.25) is 48.1 Å². The summed E-state index contributed by atoms with van der Waals surface area (Å²) in [6.45, 7) is 3.48. The molecule has 18 N–H and O–H groups in total. The highest BCUT2D eigenvalue weighted by molar-refractivity contribution is 5.98. The molecule has 0 fully saturated rings. The fourth-order valence-corrected chi connectivity index (χ4v) is 8.11.